The standard InChI is InChI=1S/C14H15ClN6/c1-8-14(2,3)6-9-4-5-10(19-11(9)18-8)20-13-17-7-16-12(15)21-13/h4-5,7H,6H2,1-3H3,(H,16,17,19,20,21). The SMILES string of the molecule is CC1=Nc2nc(Nc3ncnc(Cl)n3)ccc2CC1(C)C. The molecule has 0 unspecified atom stereocenters. The van der Waals surface area contributed by atoms with Crippen LogP contribution in [0.15, 0.2) is 23.5 Å². The van der Waals surface area contributed by atoms with Crippen LogP contribution >= 0.6 is 11.6 Å². The lowest BCUT2D eigenvalue weighted by molar-refractivity contribution is 0.509. The third-order valence-corrected chi connectivity index (χ3v) is 3.81. The Balaban J connectivity index is 1.91. The van der Waals surface area contributed by atoms with Gasteiger partial charge in [-0.1, -0.05) is 19.9 Å². The van der Waals surface area contributed by atoms with E-state index < -0.39 is 0 Å². The third-order valence-electron chi connectivity index (χ3n) is 3.62. The molecule has 0 bridgehead atoms. The predicted molar refractivity (Wildman–Crippen MR) is 82.6 cm³/mol. The van der Waals surface area contributed by atoms with Crippen molar-refractivity contribution in [1.82, 2.24) is 19.9 Å². The molecule has 1 aliphatic rings. The highest BCUT2D eigenvalue weighted by Gasteiger charge is 2.28. The fourth-order valence-electron chi connectivity index (χ4n) is 2.15. The number of halogens is 1. The van der Waals surface area contributed by atoms with Crippen molar-refractivity contribution in [2.45, 2.75) is 27.2 Å². The Hall–Kier alpha value is -2.08. The van der Waals surface area contributed by atoms with Crippen LogP contribution in [-0.4, -0.2) is 25.6 Å². The maximum absolute atomic E-state index is 5.73. The quantitative estimate of drug-likeness (QED) is 0.920. The van der Waals surface area contributed by atoms with Crippen LogP contribution in [0.5, 0.6) is 0 Å². The van der Waals surface area contributed by atoms with Crippen LogP contribution in [0, 0.1) is 5.41 Å². The molecule has 0 aliphatic carbocycles. The zero-order valence-corrected chi connectivity index (χ0v) is 12.8. The number of aliphatic imine (C=N–C) groups is 1. The van der Waals surface area contributed by atoms with Gasteiger partial charge in [0.1, 0.15) is 12.1 Å². The number of pyridine rings is 1. The van der Waals surface area contributed by atoms with Crippen LogP contribution in [0.2, 0.25) is 5.28 Å². The van der Waals surface area contributed by atoms with Crippen molar-refractivity contribution in [3.8, 4) is 0 Å². The summed E-state index contributed by atoms with van der Waals surface area (Å²) in [6.07, 6.45) is 2.28. The largest absolute Gasteiger partial charge is 0.309 e. The van der Waals surface area contributed by atoms with Crippen molar-refractivity contribution < 1.29 is 0 Å². The smallest absolute Gasteiger partial charge is 0.232 e. The molecule has 0 spiro atoms. The van der Waals surface area contributed by atoms with Crippen molar-refractivity contribution in [2.24, 2.45) is 10.4 Å². The molecule has 2 aromatic rings. The fourth-order valence-corrected chi connectivity index (χ4v) is 2.27. The summed E-state index contributed by atoms with van der Waals surface area (Å²) < 4.78 is 0. The van der Waals surface area contributed by atoms with Gasteiger partial charge in [-0.2, -0.15) is 4.98 Å². The minimum Gasteiger partial charge on any atom is -0.309 e. The van der Waals surface area contributed by atoms with E-state index >= 15 is 0 Å². The highest BCUT2D eigenvalue weighted by molar-refractivity contribution is 6.28. The van der Waals surface area contributed by atoms with E-state index in [9.17, 15) is 0 Å². The molecule has 0 aromatic carbocycles. The van der Waals surface area contributed by atoms with Crippen molar-refractivity contribution in [3.05, 3.63) is 29.3 Å². The molecule has 1 aliphatic heterocycles. The van der Waals surface area contributed by atoms with Gasteiger partial charge in [0.15, 0.2) is 5.82 Å². The lowest BCUT2D eigenvalue weighted by Gasteiger charge is -2.29. The first kappa shape index (κ1) is 13.9. The lowest BCUT2D eigenvalue weighted by Crippen LogP contribution is -2.27. The Morgan fingerprint density at radius 2 is 2.00 bits per heavy atom. The summed E-state index contributed by atoms with van der Waals surface area (Å²) in [4.78, 5) is 20.8. The van der Waals surface area contributed by atoms with E-state index in [2.05, 4.69) is 44.1 Å². The van der Waals surface area contributed by atoms with Gasteiger partial charge >= 0.3 is 0 Å². The molecule has 3 heterocycles. The molecule has 0 radical (unpaired) electrons. The van der Waals surface area contributed by atoms with E-state index in [1.54, 1.807) is 0 Å². The number of rotatable bonds is 2. The Labute approximate surface area is 127 Å². The highest BCUT2D eigenvalue weighted by Crippen LogP contribution is 2.35. The molecule has 0 saturated heterocycles. The Morgan fingerprint density at radius 1 is 1.19 bits per heavy atom. The molecule has 0 atom stereocenters. The molecule has 1 N–H and O–H groups in total. The lowest BCUT2D eigenvalue weighted by atomic mass is 9.80. The second-order valence-corrected chi connectivity index (χ2v) is 5.98. The van der Waals surface area contributed by atoms with E-state index in [1.807, 2.05) is 19.1 Å². The van der Waals surface area contributed by atoms with Gasteiger partial charge in [-0.3, -0.25) is 0 Å². The summed E-state index contributed by atoms with van der Waals surface area (Å²) in [7, 11) is 0. The Kier molecular flexibility index (Phi) is 3.33. The summed E-state index contributed by atoms with van der Waals surface area (Å²) in [6, 6.07) is 3.92. The van der Waals surface area contributed by atoms with Gasteiger partial charge in [-0.15, -0.1) is 0 Å². The normalized spacial score (nSPS) is 16.1. The molecule has 0 saturated carbocycles. The molecule has 6 nitrogen and oxygen atoms in total. The van der Waals surface area contributed by atoms with E-state index in [0.717, 1.165) is 23.5 Å². The van der Waals surface area contributed by atoms with Crippen molar-refractivity contribution in [1.29, 1.82) is 0 Å². The van der Waals surface area contributed by atoms with E-state index in [1.165, 1.54) is 6.33 Å². The van der Waals surface area contributed by atoms with Crippen molar-refractivity contribution >= 4 is 34.9 Å². The number of fused-ring (bicyclic) bond motifs is 1. The third kappa shape index (κ3) is 2.85. The Morgan fingerprint density at radius 3 is 2.76 bits per heavy atom. The number of nitrogens with one attached hydrogen (secondary N) is 1. The molecular formula is C14H15ClN6. The second-order valence-electron chi connectivity index (χ2n) is 5.64. The molecule has 0 amide bonds. The number of anilines is 2. The van der Waals surface area contributed by atoms with Crippen molar-refractivity contribution in [2.75, 3.05) is 5.32 Å². The van der Waals surface area contributed by atoms with Gasteiger partial charge < -0.3 is 5.32 Å². The first-order chi connectivity index (χ1) is 9.94. The second kappa shape index (κ2) is 5.04. The number of nitrogens with zero attached hydrogens (tertiary/aromatic N) is 5. The van der Waals surface area contributed by atoms with Crippen LogP contribution in [-0.2, 0) is 6.42 Å². The van der Waals surface area contributed by atoms with Gasteiger partial charge in [-0.25, -0.2) is 19.9 Å². The van der Waals surface area contributed by atoms with E-state index in [-0.39, 0.29) is 10.7 Å². The molecule has 0 fully saturated rings. The molecule has 2 aromatic heterocycles. The van der Waals surface area contributed by atoms with Gasteiger partial charge in [-0.05, 0) is 36.6 Å². The molecule has 7 heteroatoms. The topological polar surface area (TPSA) is 76.0 Å². The summed E-state index contributed by atoms with van der Waals surface area (Å²) in [5.74, 6) is 1.74. The van der Waals surface area contributed by atoms with Gasteiger partial charge in [0.05, 0.1) is 0 Å². The molecule has 108 valence electrons. The van der Waals surface area contributed by atoms with Crippen LogP contribution in [0.1, 0.15) is 26.3 Å². The van der Waals surface area contributed by atoms with E-state index in [4.69, 9.17) is 11.6 Å². The van der Waals surface area contributed by atoms with Crippen molar-refractivity contribution in [3.63, 3.8) is 0 Å². The highest BCUT2D eigenvalue weighted by atomic mass is 35.5. The minimum absolute atomic E-state index is 0.0748. The molecule has 21 heavy (non-hydrogen) atoms. The predicted octanol–water partition coefficient (Wildman–Crippen LogP) is 3.34. The van der Waals surface area contributed by atoms with Crippen LogP contribution in [0.4, 0.5) is 17.6 Å². The fraction of sp³-hybridized carbons (Fsp3) is 0.357. The van der Waals surface area contributed by atoms with Gasteiger partial charge in [0.25, 0.3) is 0 Å². The average Bonchev–Trinajstić information content (AvgIpc) is 2.40. The molecule has 3 rings (SSSR count). The number of aromatic nitrogens is 4. The Bertz CT molecular complexity index is 725. The van der Waals surface area contributed by atoms with Gasteiger partial charge in [0, 0.05) is 11.1 Å². The monoisotopic (exact) mass is 302 g/mol. The van der Waals surface area contributed by atoms with Crippen LogP contribution < -0.4 is 5.32 Å². The summed E-state index contributed by atoms with van der Waals surface area (Å²) in [5.41, 5.74) is 2.30. The van der Waals surface area contributed by atoms with Crippen LogP contribution in [0.3, 0.4) is 0 Å². The van der Waals surface area contributed by atoms with Crippen LogP contribution in [0.25, 0.3) is 0 Å². The number of hydrogen-bond donors (Lipinski definition) is 1. The van der Waals surface area contributed by atoms with E-state index in [0.29, 0.717) is 11.8 Å². The zero-order valence-electron chi connectivity index (χ0n) is 12.1. The summed E-state index contributed by atoms with van der Waals surface area (Å²) >= 11 is 5.73. The minimum atomic E-state index is 0.0748. The maximum Gasteiger partial charge on any atom is 0.232 e. The first-order valence-corrected chi connectivity index (χ1v) is 6.99. The average molecular weight is 303 g/mol. The maximum atomic E-state index is 5.73. The van der Waals surface area contributed by atoms with Gasteiger partial charge in [0.2, 0.25) is 11.2 Å². The molecular weight excluding hydrogens is 288 g/mol. The first-order valence-electron chi connectivity index (χ1n) is 6.61. The number of hydrogen-bond acceptors (Lipinski definition) is 6. The zero-order chi connectivity index (χ0) is 15.0. The summed E-state index contributed by atoms with van der Waals surface area (Å²) in [5, 5.41) is 3.14. The summed E-state index contributed by atoms with van der Waals surface area (Å²) in [6.45, 7) is 6.41.